The molecular formula is C13H16N2S. The standard InChI is InChI=1S/C13H16N2S/c1-10-6-5-9-14-12-7-3-4-8-13(12)15-11(2)16-10/h3-4,6-9,11,15H,5H2,1-2H3/b10-6-,14-9?. The average molecular weight is 232 g/mol. The Hall–Kier alpha value is -1.22. The minimum atomic E-state index is 0.366. The number of allylic oxidation sites excluding steroid dienone is 2. The van der Waals surface area contributed by atoms with Crippen molar-refractivity contribution in [3.63, 3.8) is 0 Å². The summed E-state index contributed by atoms with van der Waals surface area (Å²) in [5, 5.41) is 3.84. The van der Waals surface area contributed by atoms with E-state index in [1.54, 1.807) is 0 Å². The van der Waals surface area contributed by atoms with Gasteiger partial charge in [0.1, 0.15) is 0 Å². The van der Waals surface area contributed by atoms with Gasteiger partial charge in [0.2, 0.25) is 0 Å². The van der Waals surface area contributed by atoms with Crippen LogP contribution in [0.2, 0.25) is 0 Å². The molecule has 0 fully saturated rings. The molecule has 1 aromatic carbocycles. The molecule has 1 heterocycles. The Balaban J connectivity index is 2.31. The Bertz CT molecular complexity index is 424. The minimum absolute atomic E-state index is 0.366. The first kappa shape index (κ1) is 11.3. The lowest BCUT2D eigenvalue weighted by molar-refractivity contribution is 1.12. The van der Waals surface area contributed by atoms with Crippen molar-refractivity contribution in [2.45, 2.75) is 25.6 Å². The van der Waals surface area contributed by atoms with Crippen LogP contribution in [0.4, 0.5) is 11.4 Å². The Kier molecular flexibility index (Phi) is 3.67. The molecule has 1 aliphatic heterocycles. The zero-order valence-corrected chi connectivity index (χ0v) is 10.4. The van der Waals surface area contributed by atoms with E-state index in [2.05, 4.69) is 36.3 Å². The quantitative estimate of drug-likeness (QED) is 0.725. The Labute approximate surface area is 101 Å². The number of fused-ring (bicyclic) bond motifs is 1. The lowest BCUT2D eigenvalue weighted by Gasteiger charge is -2.17. The van der Waals surface area contributed by atoms with Gasteiger partial charge in [0.05, 0.1) is 16.7 Å². The summed E-state index contributed by atoms with van der Waals surface area (Å²) in [4.78, 5) is 5.81. The summed E-state index contributed by atoms with van der Waals surface area (Å²) < 4.78 is 0. The molecule has 16 heavy (non-hydrogen) atoms. The number of hydrogen-bond donors (Lipinski definition) is 1. The Morgan fingerprint density at radius 2 is 2.19 bits per heavy atom. The molecule has 3 heteroatoms. The third-order valence-corrected chi connectivity index (χ3v) is 3.38. The fraction of sp³-hybridized carbons (Fsp3) is 0.308. The largest absolute Gasteiger partial charge is 0.372 e. The minimum Gasteiger partial charge on any atom is -0.372 e. The van der Waals surface area contributed by atoms with Crippen LogP contribution in [-0.4, -0.2) is 11.6 Å². The molecule has 0 saturated heterocycles. The summed E-state index contributed by atoms with van der Waals surface area (Å²) in [6.45, 7) is 4.31. The van der Waals surface area contributed by atoms with Crippen molar-refractivity contribution in [2.75, 3.05) is 5.32 Å². The van der Waals surface area contributed by atoms with Crippen molar-refractivity contribution < 1.29 is 0 Å². The topological polar surface area (TPSA) is 24.4 Å². The molecule has 0 aromatic heterocycles. The zero-order chi connectivity index (χ0) is 11.4. The van der Waals surface area contributed by atoms with Crippen LogP contribution >= 0.6 is 11.8 Å². The van der Waals surface area contributed by atoms with E-state index in [0.29, 0.717) is 5.37 Å². The van der Waals surface area contributed by atoms with E-state index in [-0.39, 0.29) is 0 Å². The van der Waals surface area contributed by atoms with Gasteiger partial charge in [-0.3, -0.25) is 4.99 Å². The SMILES string of the molecule is C/C1=C/CC=Nc2ccccc2NC(C)S1. The molecule has 1 atom stereocenters. The highest BCUT2D eigenvalue weighted by Gasteiger charge is 2.07. The van der Waals surface area contributed by atoms with E-state index in [1.165, 1.54) is 4.91 Å². The second-order valence-corrected chi connectivity index (χ2v) is 5.37. The molecule has 1 aromatic rings. The average Bonchev–Trinajstić information content (AvgIpc) is 2.26. The highest BCUT2D eigenvalue weighted by Crippen LogP contribution is 2.29. The molecule has 2 nitrogen and oxygen atoms in total. The summed E-state index contributed by atoms with van der Waals surface area (Å²) in [7, 11) is 0. The van der Waals surface area contributed by atoms with E-state index in [4.69, 9.17) is 0 Å². The van der Waals surface area contributed by atoms with Gasteiger partial charge in [-0.1, -0.05) is 18.2 Å². The van der Waals surface area contributed by atoms with Gasteiger partial charge in [-0.25, -0.2) is 0 Å². The number of aliphatic imine (C=N–C) groups is 1. The molecule has 1 N–H and O–H groups in total. The predicted octanol–water partition coefficient (Wildman–Crippen LogP) is 4.19. The number of benzene rings is 1. The summed E-state index contributed by atoms with van der Waals surface area (Å²) in [6.07, 6.45) is 5.07. The first-order chi connectivity index (χ1) is 7.75. The molecule has 2 rings (SSSR count). The molecule has 0 bridgehead atoms. The zero-order valence-electron chi connectivity index (χ0n) is 9.60. The van der Waals surface area contributed by atoms with Crippen LogP contribution in [0.15, 0.2) is 40.2 Å². The van der Waals surface area contributed by atoms with Gasteiger partial charge in [-0.2, -0.15) is 0 Å². The molecular weight excluding hydrogens is 216 g/mol. The van der Waals surface area contributed by atoms with Gasteiger partial charge in [-0.15, -0.1) is 11.8 Å². The monoisotopic (exact) mass is 232 g/mol. The first-order valence-corrected chi connectivity index (χ1v) is 6.35. The molecule has 0 radical (unpaired) electrons. The maximum absolute atomic E-state index is 4.48. The van der Waals surface area contributed by atoms with Crippen LogP contribution in [0, 0.1) is 0 Å². The maximum Gasteiger partial charge on any atom is 0.0857 e. The van der Waals surface area contributed by atoms with E-state index >= 15 is 0 Å². The molecule has 1 unspecified atom stereocenters. The predicted molar refractivity (Wildman–Crippen MR) is 73.6 cm³/mol. The van der Waals surface area contributed by atoms with Gasteiger partial charge < -0.3 is 5.32 Å². The molecule has 0 amide bonds. The summed E-state index contributed by atoms with van der Waals surface area (Å²) in [5.41, 5.74) is 2.12. The highest BCUT2D eigenvalue weighted by molar-refractivity contribution is 8.03. The van der Waals surface area contributed by atoms with Crippen LogP contribution < -0.4 is 5.32 Å². The summed E-state index contributed by atoms with van der Waals surface area (Å²) in [6, 6.07) is 8.16. The van der Waals surface area contributed by atoms with Gasteiger partial charge in [0, 0.05) is 12.6 Å². The van der Waals surface area contributed by atoms with Crippen LogP contribution in [0.5, 0.6) is 0 Å². The van der Waals surface area contributed by atoms with E-state index in [9.17, 15) is 0 Å². The Morgan fingerprint density at radius 1 is 1.38 bits per heavy atom. The van der Waals surface area contributed by atoms with Crippen molar-refractivity contribution in [1.82, 2.24) is 0 Å². The van der Waals surface area contributed by atoms with E-state index < -0.39 is 0 Å². The number of nitrogens with one attached hydrogen (secondary N) is 1. The second kappa shape index (κ2) is 5.21. The van der Waals surface area contributed by atoms with Crippen molar-refractivity contribution in [3.8, 4) is 0 Å². The van der Waals surface area contributed by atoms with Crippen molar-refractivity contribution in [1.29, 1.82) is 0 Å². The van der Waals surface area contributed by atoms with E-state index in [0.717, 1.165) is 17.8 Å². The lowest BCUT2D eigenvalue weighted by Crippen LogP contribution is -2.10. The fourth-order valence-corrected chi connectivity index (χ4v) is 2.59. The number of para-hydroxylation sites is 2. The number of rotatable bonds is 0. The third kappa shape index (κ3) is 2.89. The van der Waals surface area contributed by atoms with Crippen LogP contribution in [0.1, 0.15) is 20.3 Å². The van der Waals surface area contributed by atoms with Crippen LogP contribution in [-0.2, 0) is 0 Å². The third-order valence-electron chi connectivity index (χ3n) is 2.37. The lowest BCUT2D eigenvalue weighted by atomic mass is 10.2. The van der Waals surface area contributed by atoms with Gasteiger partial charge in [0.15, 0.2) is 0 Å². The first-order valence-electron chi connectivity index (χ1n) is 5.47. The second-order valence-electron chi connectivity index (χ2n) is 3.78. The number of hydrogen-bond acceptors (Lipinski definition) is 3. The number of nitrogens with zero attached hydrogens (tertiary/aromatic N) is 1. The molecule has 84 valence electrons. The normalized spacial score (nSPS) is 23.9. The summed E-state index contributed by atoms with van der Waals surface area (Å²) in [5.74, 6) is 0. The number of anilines is 1. The van der Waals surface area contributed by atoms with Crippen molar-refractivity contribution >= 4 is 29.4 Å². The molecule has 0 aliphatic carbocycles. The van der Waals surface area contributed by atoms with Gasteiger partial charge in [0.25, 0.3) is 0 Å². The van der Waals surface area contributed by atoms with Crippen LogP contribution in [0.25, 0.3) is 0 Å². The van der Waals surface area contributed by atoms with Crippen molar-refractivity contribution in [2.24, 2.45) is 4.99 Å². The molecule has 0 spiro atoms. The summed E-state index contributed by atoms with van der Waals surface area (Å²) >= 11 is 1.85. The fourth-order valence-electron chi connectivity index (χ4n) is 1.65. The van der Waals surface area contributed by atoms with Crippen molar-refractivity contribution in [3.05, 3.63) is 35.2 Å². The number of thioether (sulfide) groups is 1. The molecule has 1 aliphatic rings. The van der Waals surface area contributed by atoms with Crippen LogP contribution in [0.3, 0.4) is 0 Å². The maximum atomic E-state index is 4.48. The Morgan fingerprint density at radius 3 is 3.06 bits per heavy atom. The van der Waals surface area contributed by atoms with Gasteiger partial charge in [-0.05, 0) is 30.9 Å². The van der Waals surface area contributed by atoms with Gasteiger partial charge >= 0.3 is 0 Å². The van der Waals surface area contributed by atoms with E-state index in [1.807, 2.05) is 36.2 Å². The smallest absolute Gasteiger partial charge is 0.0857 e. The molecule has 0 saturated carbocycles. The highest BCUT2D eigenvalue weighted by atomic mass is 32.2.